The highest BCUT2D eigenvalue weighted by Crippen LogP contribution is 2.19. The molecular formula is C16H19BrN2O3. The predicted octanol–water partition coefficient (Wildman–Crippen LogP) is 2.10. The Labute approximate surface area is 138 Å². The lowest BCUT2D eigenvalue weighted by molar-refractivity contribution is -0.134. The van der Waals surface area contributed by atoms with Gasteiger partial charge >= 0.3 is 0 Å². The SMILES string of the molecule is CC(=O)CCC(=O)N1CCN(C(=O)c2ccccc2Br)CC1. The molecule has 118 valence electrons. The molecule has 22 heavy (non-hydrogen) atoms. The van der Waals surface area contributed by atoms with Crippen molar-refractivity contribution in [1.82, 2.24) is 9.80 Å². The van der Waals surface area contributed by atoms with Gasteiger partial charge in [0.25, 0.3) is 5.91 Å². The fourth-order valence-electron chi connectivity index (χ4n) is 2.41. The van der Waals surface area contributed by atoms with E-state index in [1.54, 1.807) is 15.9 Å². The summed E-state index contributed by atoms with van der Waals surface area (Å²) in [6.07, 6.45) is 0.544. The molecule has 1 fully saturated rings. The van der Waals surface area contributed by atoms with E-state index in [1.165, 1.54) is 6.92 Å². The molecule has 1 saturated heterocycles. The second-order valence-corrected chi connectivity index (χ2v) is 6.21. The highest BCUT2D eigenvalue weighted by atomic mass is 79.9. The van der Waals surface area contributed by atoms with Gasteiger partial charge in [-0.15, -0.1) is 0 Å². The van der Waals surface area contributed by atoms with E-state index < -0.39 is 0 Å². The summed E-state index contributed by atoms with van der Waals surface area (Å²) < 4.78 is 0.778. The van der Waals surface area contributed by atoms with Crippen molar-refractivity contribution in [3.63, 3.8) is 0 Å². The molecule has 2 amide bonds. The van der Waals surface area contributed by atoms with Gasteiger partial charge in [0.2, 0.25) is 5.91 Å². The van der Waals surface area contributed by atoms with Crippen LogP contribution in [0.3, 0.4) is 0 Å². The van der Waals surface area contributed by atoms with Crippen molar-refractivity contribution in [2.24, 2.45) is 0 Å². The van der Waals surface area contributed by atoms with Crippen LogP contribution in [0.2, 0.25) is 0 Å². The minimum Gasteiger partial charge on any atom is -0.339 e. The van der Waals surface area contributed by atoms with E-state index in [-0.39, 0.29) is 30.4 Å². The summed E-state index contributed by atoms with van der Waals surface area (Å²) in [4.78, 5) is 38.8. The van der Waals surface area contributed by atoms with Crippen LogP contribution in [0.5, 0.6) is 0 Å². The van der Waals surface area contributed by atoms with Gasteiger partial charge in [0.05, 0.1) is 5.56 Å². The van der Waals surface area contributed by atoms with E-state index in [9.17, 15) is 14.4 Å². The minimum absolute atomic E-state index is 0.0109. The molecule has 0 radical (unpaired) electrons. The fourth-order valence-corrected chi connectivity index (χ4v) is 2.86. The molecule has 1 aromatic carbocycles. The number of amides is 2. The van der Waals surface area contributed by atoms with E-state index in [0.29, 0.717) is 31.7 Å². The molecule has 6 heteroatoms. The van der Waals surface area contributed by atoms with Crippen LogP contribution in [0, 0.1) is 0 Å². The Morgan fingerprint density at radius 1 is 1.00 bits per heavy atom. The molecule has 0 unspecified atom stereocenters. The van der Waals surface area contributed by atoms with Gasteiger partial charge in [-0.3, -0.25) is 9.59 Å². The molecule has 0 atom stereocenters. The molecule has 0 spiro atoms. The van der Waals surface area contributed by atoms with Crippen molar-refractivity contribution in [3.05, 3.63) is 34.3 Å². The highest BCUT2D eigenvalue weighted by molar-refractivity contribution is 9.10. The normalized spacial score (nSPS) is 14.8. The largest absolute Gasteiger partial charge is 0.339 e. The number of piperazine rings is 1. The van der Waals surface area contributed by atoms with Crippen molar-refractivity contribution in [3.8, 4) is 0 Å². The van der Waals surface area contributed by atoms with Crippen LogP contribution in [-0.2, 0) is 9.59 Å². The maximum atomic E-state index is 12.5. The third-order valence-corrected chi connectivity index (χ3v) is 4.41. The lowest BCUT2D eigenvalue weighted by Crippen LogP contribution is -2.50. The molecule has 0 aliphatic carbocycles. The lowest BCUT2D eigenvalue weighted by Gasteiger charge is -2.35. The van der Waals surface area contributed by atoms with Crippen LogP contribution in [0.15, 0.2) is 28.7 Å². The van der Waals surface area contributed by atoms with Gasteiger partial charge in [-0.05, 0) is 35.0 Å². The van der Waals surface area contributed by atoms with Crippen molar-refractivity contribution < 1.29 is 14.4 Å². The Bertz CT molecular complexity index is 581. The molecular weight excluding hydrogens is 348 g/mol. The Morgan fingerprint density at radius 3 is 2.18 bits per heavy atom. The molecule has 5 nitrogen and oxygen atoms in total. The summed E-state index contributed by atoms with van der Waals surface area (Å²) in [7, 11) is 0. The zero-order valence-electron chi connectivity index (χ0n) is 12.5. The predicted molar refractivity (Wildman–Crippen MR) is 86.5 cm³/mol. The average molecular weight is 367 g/mol. The summed E-state index contributed by atoms with van der Waals surface area (Å²) in [5.41, 5.74) is 0.638. The Hall–Kier alpha value is -1.69. The van der Waals surface area contributed by atoms with Crippen LogP contribution in [0.1, 0.15) is 30.1 Å². The third kappa shape index (κ3) is 4.16. The average Bonchev–Trinajstić information content (AvgIpc) is 2.52. The van der Waals surface area contributed by atoms with Gasteiger partial charge in [-0.25, -0.2) is 0 Å². The molecule has 1 aromatic rings. The molecule has 0 saturated carbocycles. The van der Waals surface area contributed by atoms with Gasteiger partial charge in [0.15, 0.2) is 0 Å². The molecule has 0 bridgehead atoms. The van der Waals surface area contributed by atoms with E-state index >= 15 is 0 Å². The second-order valence-electron chi connectivity index (χ2n) is 5.35. The van der Waals surface area contributed by atoms with Crippen LogP contribution in [-0.4, -0.2) is 53.6 Å². The molecule has 0 aromatic heterocycles. The number of nitrogens with zero attached hydrogens (tertiary/aromatic N) is 2. The number of Topliss-reactive ketones (excluding diaryl/α,β-unsaturated/α-hetero) is 1. The van der Waals surface area contributed by atoms with Crippen molar-refractivity contribution in [2.45, 2.75) is 19.8 Å². The molecule has 1 aliphatic heterocycles. The van der Waals surface area contributed by atoms with Crippen LogP contribution >= 0.6 is 15.9 Å². The quantitative estimate of drug-likeness (QED) is 0.819. The highest BCUT2D eigenvalue weighted by Gasteiger charge is 2.25. The first kappa shape index (κ1) is 16.7. The van der Waals surface area contributed by atoms with Gasteiger partial charge in [0.1, 0.15) is 5.78 Å². The standard InChI is InChI=1S/C16H19BrN2O3/c1-12(20)6-7-15(21)18-8-10-19(11-9-18)16(22)13-4-2-3-5-14(13)17/h2-5H,6-11H2,1H3. The van der Waals surface area contributed by atoms with Crippen molar-refractivity contribution in [2.75, 3.05) is 26.2 Å². The second kappa shape index (κ2) is 7.54. The number of hydrogen-bond donors (Lipinski definition) is 0. The monoisotopic (exact) mass is 366 g/mol. The number of ketones is 1. The van der Waals surface area contributed by atoms with Gasteiger partial charge in [0, 0.05) is 43.5 Å². The molecule has 0 N–H and O–H groups in total. The number of rotatable bonds is 4. The first-order chi connectivity index (χ1) is 10.5. The van der Waals surface area contributed by atoms with Crippen molar-refractivity contribution >= 4 is 33.5 Å². The van der Waals surface area contributed by atoms with Crippen LogP contribution in [0.4, 0.5) is 0 Å². The smallest absolute Gasteiger partial charge is 0.255 e. The summed E-state index contributed by atoms with van der Waals surface area (Å²) in [6, 6.07) is 7.33. The van der Waals surface area contributed by atoms with Crippen LogP contribution < -0.4 is 0 Å². The Morgan fingerprint density at radius 2 is 1.59 bits per heavy atom. The number of hydrogen-bond acceptors (Lipinski definition) is 3. The van der Waals surface area contributed by atoms with E-state index in [0.717, 1.165) is 4.47 Å². The van der Waals surface area contributed by atoms with E-state index in [1.807, 2.05) is 18.2 Å². The number of carbonyl (C=O) groups is 3. The summed E-state index contributed by atoms with van der Waals surface area (Å²) >= 11 is 3.39. The first-order valence-corrected chi connectivity index (χ1v) is 8.09. The van der Waals surface area contributed by atoms with Gasteiger partial charge in [-0.2, -0.15) is 0 Å². The van der Waals surface area contributed by atoms with E-state index in [4.69, 9.17) is 0 Å². The topological polar surface area (TPSA) is 57.7 Å². The van der Waals surface area contributed by atoms with Crippen molar-refractivity contribution in [1.29, 1.82) is 0 Å². The zero-order chi connectivity index (χ0) is 16.1. The maximum absolute atomic E-state index is 12.5. The third-order valence-electron chi connectivity index (χ3n) is 3.71. The summed E-state index contributed by atoms with van der Waals surface area (Å²) in [6.45, 7) is 3.57. The van der Waals surface area contributed by atoms with Gasteiger partial charge in [-0.1, -0.05) is 12.1 Å². The number of halogens is 1. The lowest BCUT2D eigenvalue weighted by atomic mass is 10.1. The van der Waals surface area contributed by atoms with Gasteiger partial charge < -0.3 is 14.6 Å². The Kier molecular flexibility index (Phi) is 5.71. The van der Waals surface area contributed by atoms with E-state index in [2.05, 4.69) is 15.9 Å². The Balaban J connectivity index is 1.89. The zero-order valence-corrected chi connectivity index (χ0v) is 14.1. The maximum Gasteiger partial charge on any atom is 0.255 e. The number of benzene rings is 1. The molecule has 1 heterocycles. The van der Waals surface area contributed by atoms with Crippen LogP contribution in [0.25, 0.3) is 0 Å². The molecule has 2 rings (SSSR count). The minimum atomic E-state index is -0.0247. The fraction of sp³-hybridized carbons (Fsp3) is 0.438. The summed E-state index contributed by atoms with van der Waals surface area (Å²) in [5, 5.41) is 0. The molecule has 1 aliphatic rings. The number of carbonyl (C=O) groups excluding carboxylic acids is 3. The summed E-state index contributed by atoms with van der Waals surface area (Å²) in [5.74, 6) is -0.0115. The first-order valence-electron chi connectivity index (χ1n) is 7.30.